The van der Waals surface area contributed by atoms with Gasteiger partial charge in [0.2, 0.25) is 0 Å². The second-order valence-corrected chi connectivity index (χ2v) is 5.64. The fourth-order valence-corrected chi connectivity index (χ4v) is 0.763. The zero-order chi connectivity index (χ0) is 11.1. The molecule has 0 aliphatic carbocycles. The molecule has 0 aliphatic heterocycles. The molecule has 2 N–H and O–H groups in total. The Morgan fingerprint density at radius 2 is 1.79 bits per heavy atom. The summed E-state index contributed by atoms with van der Waals surface area (Å²) < 4.78 is 0. The number of nitrogens with one attached hydrogen (secondary N) is 2. The SMILES string of the molecule is CC(=O)c1ccc([NH-])c([NH-])c1.[Cl][Pt+2][Cl]. The Bertz CT molecular complexity index is 320. The van der Waals surface area contributed by atoms with Gasteiger partial charge in [0.15, 0.2) is 5.78 Å². The van der Waals surface area contributed by atoms with Crippen LogP contribution in [0.15, 0.2) is 18.2 Å². The van der Waals surface area contributed by atoms with Crippen molar-refractivity contribution < 1.29 is 21.3 Å². The molecule has 0 fully saturated rings. The Labute approximate surface area is 99.1 Å². The fraction of sp³-hybridized carbons (Fsp3) is 0.125. The Morgan fingerprint density at radius 3 is 2.14 bits per heavy atom. The van der Waals surface area contributed by atoms with Gasteiger partial charge in [-0.25, -0.2) is 0 Å². The quantitative estimate of drug-likeness (QED) is 0.618. The third-order valence-corrected chi connectivity index (χ3v) is 1.43. The van der Waals surface area contributed by atoms with Gasteiger partial charge < -0.3 is 11.5 Å². The van der Waals surface area contributed by atoms with Gasteiger partial charge in [-0.15, -0.1) is 0 Å². The van der Waals surface area contributed by atoms with Crippen LogP contribution in [0, 0.1) is 0 Å². The first kappa shape index (κ1) is 13.8. The van der Waals surface area contributed by atoms with Gasteiger partial charge in [0.05, 0.1) is 0 Å². The molecule has 80 valence electrons. The van der Waals surface area contributed by atoms with Crippen molar-refractivity contribution in [2.24, 2.45) is 0 Å². The Hall–Kier alpha value is -0.242. The molecule has 3 nitrogen and oxygen atoms in total. The van der Waals surface area contributed by atoms with Gasteiger partial charge in [0.1, 0.15) is 0 Å². The number of carbonyl (C=O) groups excluding carboxylic acids is 1. The van der Waals surface area contributed by atoms with E-state index < -0.39 is 16.5 Å². The van der Waals surface area contributed by atoms with Gasteiger partial charge in [-0.1, -0.05) is 18.2 Å². The van der Waals surface area contributed by atoms with Gasteiger partial charge in [-0.05, 0) is 6.92 Å². The van der Waals surface area contributed by atoms with Gasteiger partial charge in [0.25, 0.3) is 0 Å². The summed E-state index contributed by atoms with van der Waals surface area (Å²) in [4.78, 5) is 10.8. The van der Waals surface area contributed by atoms with Crippen molar-refractivity contribution >= 4 is 36.0 Å². The molecule has 0 bridgehead atoms. The molecule has 0 amide bonds. The maximum atomic E-state index is 10.8. The molecular formula is C8H8Cl2N2OPt. The van der Waals surface area contributed by atoms with Crippen LogP contribution in [0.4, 0.5) is 11.4 Å². The van der Waals surface area contributed by atoms with Crippen molar-refractivity contribution in [3.8, 4) is 0 Å². The summed E-state index contributed by atoms with van der Waals surface area (Å²) in [7, 11) is 9.75. The molecule has 14 heavy (non-hydrogen) atoms. The first-order chi connectivity index (χ1) is 6.52. The molecular weight excluding hydrogens is 406 g/mol. The van der Waals surface area contributed by atoms with Crippen LogP contribution in [0.3, 0.4) is 0 Å². The molecule has 1 aromatic carbocycles. The third-order valence-electron chi connectivity index (χ3n) is 1.43. The zero-order valence-electron chi connectivity index (χ0n) is 7.21. The molecule has 0 aliphatic rings. The van der Waals surface area contributed by atoms with Crippen LogP contribution in [0.5, 0.6) is 0 Å². The number of benzene rings is 1. The maximum absolute atomic E-state index is 10.8. The van der Waals surface area contributed by atoms with E-state index in [-0.39, 0.29) is 17.2 Å². The topological polar surface area (TPSA) is 64.7 Å². The summed E-state index contributed by atoms with van der Waals surface area (Å²) in [6.07, 6.45) is 0. The van der Waals surface area contributed by atoms with E-state index in [1.54, 1.807) is 6.07 Å². The number of rotatable bonds is 1. The Balaban J connectivity index is 0.000000500. The molecule has 0 spiro atoms. The fourth-order valence-electron chi connectivity index (χ4n) is 0.763. The van der Waals surface area contributed by atoms with Crippen LogP contribution in [-0.2, 0) is 16.5 Å². The molecule has 0 aromatic heterocycles. The van der Waals surface area contributed by atoms with Crippen LogP contribution in [0.25, 0.3) is 11.5 Å². The van der Waals surface area contributed by atoms with E-state index in [0.717, 1.165) is 0 Å². The standard InChI is InChI=1S/C8H9N2O.2ClH.Pt/c1-5(11)6-2-3-7(9)8(10)4-6;;;/h2-4,10H,1H3,(H2,9,11);2*1H;/q-1;;;+4/p-3. The van der Waals surface area contributed by atoms with Gasteiger partial charge in [-0.2, -0.15) is 11.4 Å². The number of Topliss-reactive ketones (excluding diaryl/α,β-unsaturated/α-hetero) is 1. The van der Waals surface area contributed by atoms with E-state index in [9.17, 15) is 4.79 Å². The van der Waals surface area contributed by atoms with Gasteiger partial charge >= 0.3 is 35.3 Å². The molecule has 0 saturated carbocycles. The normalized spacial score (nSPS) is 9.07. The number of carbonyl (C=O) groups is 1. The van der Waals surface area contributed by atoms with Crippen LogP contribution >= 0.6 is 18.8 Å². The number of halogens is 2. The number of hydrogen-bond donors (Lipinski definition) is 0. The minimum absolute atomic E-state index is 0.0708. The Morgan fingerprint density at radius 1 is 1.29 bits per heavy atom. The van der Waals surface area contributed by atoms with E-state index in [2.05, 4.69) is 0 Å². The molecule has 0 atom stereocenters. The van der Waals surface area contributed by atoms with Crippen LogP contribution in [0.2, 0.25) is 0 Å². The summed E-state index contributed by atoms with van der Waals surface area (Å²) in [6, 6.07) is 4.42. The second kappa shape index (κ2) is 7.10. The zero-order valence-corrected chi connectivity index (χ0v) is 11.0. The van der Waals surface area contributed by atoms with Gasteiger partial charge in [0, 0.05) is 5.56 Å². The predicted molar refractivity (Wildman–Crippen MR) is 56.1 cm³/mol. The number of ketones is 1. The molecule has 1 aromatic rings. The van der Waals surface area contributed by atoms with E-state index in [1.165, 1.54) is 19.1 Å². The van der Waals surface area contributed by atoms with Gasteiger partial charge in [-0.3, -0.25) is 4.79 Å². The first-order valence-corrected chi connectivity index (χ1v) is 9.06. The van der Waals surface area contributed by atoms with E-state index in [4.69, 9.17) is 30.3 Å². The van der Waals surface area contributed by atoms with E-state index in [0.29, 0.717) is 5.56 Å². The van der Waals surface area contributed by atoms with E-state index in [1.807, 2.05) is 0 Å². The summed E-state index contributed by atoms with van der Waals surface area (Å²) in [6.45, 7) is 1.44. The summed E-state index contributed by atoms with van der Waals surface area (Å²) >= 11 is -0.472. The first-order valence-electron chi connectivity index (χ1n) is 3.43. The second-order valence-electron chi connectivity index (χ2n) is 2.36. The third kappa shape index (κ3) is 4.85. The summed E-state index contributed by atoms with van der Waals surface area (Å²) in [5, 5.41) is 0. The molecule has 0 radical (unpaired) electrons. The predicted octanol–water partition coefficient (Wildman–Crippen LogP) is 4.63. The molecule has 0 unspecified atom stereocenters. The summed E-state index contributed by atoms with van der Waals surface area (Å²) in [5.74, 6) is -0.0708. The van der Waals surface area contributed by atoms with Crippen molar-refractivity contribution in [2.45, 2.75) is 6.92 Å². The van der Waals surface area contributed by atoms with Crippen molar-refractivity contribution in [1.29, 1.82) is 0 Å². The molecule has 0 heterocycles. The Kier molecular flexibility index (Phi) is 6.98. The van der Waals surface area contributed by atoms with Crippen LogP contribution < -0.4 is 0 Å². The van der Waals surface area contributed by atoms with Crippen LogP contribution in [-0.4, -0.2) is 5.78 Å². The molecule has 0 saturated heterocycles. The average molecular weight is 414 g/mol. The summed E-state index contributed by atoms with van der Waals surface area (Å²) in [5.41, 5.74) is 15.1. The monoisotopic (exact) mass is 413 g/mol. The van der Waals surface area contributed by atoms with E-state index >= 15 is 0 Å². The van der Waals surface area contributed by atoms with Crippen LogP contribution in [0.1, 0.15) is 17.3 Å². The average Bonchev–Trinajstić information content (AvgIpc) is 2.10. The molecule has 1 rings (SSSR count). The van der Waals surface area contributed by atoms with Crippen molar-refractivity contribution in [3.05, 3.63) is 35.2 Å². The minimum atomic E-state index is -0.472. The van der Waals surface area contributed by atoms with Crippen molar-refractivity contribution in [3.63, 3.8) is 0 Å². The molecule has 6 heteroatoms. The van der Waals surface area contributed by atoms with Crippen molar-refractivity contribution in [1.82, 2.24) is 0 Å². The van der Waals surface area contributed by atoms with Crippen molar-refractivity contribution in [2.75, 3.05) is 0 Å². The number of hydrogen-bond acceptors (Lipinski definition) is 1.